The van der Waals surface area contributed by atoms with Gasteiger partial charge in [0.15, 0.2) is 5.65 Å². The van der Waals surface area contributed by atoms with Crippen LogP contribution in [0.1, 0.15) is 35.6 Å². The van der Waals surface area contributed by atoms with Gasteiger partial charge in [-0.15, -0.1) is 0 Å². The topological polar surface area (TPSA) is 68.1 Å². The van der Waals surface area contributed by atoms with Crippen LogP contribution in [0, 0.1) is 20.8 Å². The maximum Gasteiger partial charge on any atom is 0.243 e. The normalized spacial score (nSPS) is 16.9. The zero-order chi connectivity index (χ0) is 19.2. The SMILES string of the molecule is Cc1cc(C)c(S(=O)(=O)N2CCC(n3cnc4cccnc43)CC2)cc1C. The number of aromatic nitrogens is 3. The number of hydrogen-bond acceptors (Lipinski definition) is 4. The highest BCUT2D eigenvalue weighted by atomic mass is 32.2. The molecule has 7 heteroatoms. The van der Waals surface area contributed by atoms with E-state index >= 15 is 0 Å². The molecule has 0 N–H and O–H groups in total. The highest BCUT2D eigenvalue weighted by Crippen LogP contribution is 2.30. The molecule has 0 saturated carbocycles. The molecule has 1 aliphatic rings. The second-order valence-corrected chi connectivity index (χ2v) is 9.24. The summed E-state index contributed by atoms with van der Waals surface area (Å²) in [5.74, 6) is 0. The van der Waals surface area contributed by atoms with Crippen LogP contribution in [0.5, 0.6) is 0 Å². The number of imidazole rings is 1. The Morgan fingerprint density at radius 1 is 1.00 bits per heavy atom. The highest BCUT2D eigenvalue weighted by molar-refractivity contribution is 7.89. The first-order valence-electron chi connectivity index (χ1n) is 9.23. The van der Waals surface area contributed by atoms with Gasteiger partial charge < -0.3 is 4.57 Å². The molecule has 27 heavy (non-hydrogen) atoms. The van der Waals surface area contributed by atoms with Crippen molar-refractivity contribution in [1.82, 2.24) is 18.8 Å². The number of sulfonamides is 1. The fourth-order valence-corrected chi connectivity index (χ4v) is 5.61. The fraction of sp³-hybridized carbons (Fsp3) is 0.400. The minimum Gasteiger partial charge on any atom is -0.312 e. The standard InChI is InChI=1S/C20H24N4O2S/c1-14-11-16(3)19(12-15(14)2)27(25,26)23-9-6-17(7-10-23)24-13-22-18-5-4-8-21-20(18)24/h4-5,8,11-13,17H,6-7,9-10H2,1-3H3. The van der Waals surface area contributed by atoms with Gasteiger partial charge in [0, 0.05) is 25.3 Å². The van der Waals surface area contributed by atoms with E-state index in [0.717, 1.165) is 40.7 Å². The molecule has 142 valence electrons. The van der Waals surface area contributed by atoms with E-state index in [2.05, 4.69) is 14.5 Å². The number of hydrogen-bond donors (Lipinski definition) is 0. The summed E-state index contributed by atoms with van der Waals surface area (Å²) in [5.41, 5.74) is 4.67. The zero-order valence-corrected chi connectivity index (χ0v) is 16.7. The molecule has 1 aliphatic heterocycles. The molecule has 0 atom stereocenters. The minimum absolute atomic E-state index is 0.220. The van der Waals surface area contributed by atoms with E-state index in [1.165, 1.54) is 0 Å². The van der Waals surface area contributed by atoms with Crippen LogP contribution in [0.2, 0.25) is 0 Å². The third-order valence-corrected chi connectivity index (χ3v) is 7.60. The summed E-state index contributed by atoms with van der Waals surface area (Å²) in [6, 6.07) is 7.80. The van der Waals surface area contributed by atoms with Gasteiger partial charge >= 0.3 is 0 Å². The predicted octanol–water partition coefficient (Wildman–Crippen LogP) is 3.38. The smallest absolute Gasteiger partial charge is 0.243 e. The van der Waals surface area contributed by atoms with E-state index in [4.69, 9.17) is 0 Å². The van der Waals surface area contributed by atoms with Crippen LogP contribution >= 0.6 is 0 Å². The van der Waals surface area contributed by atoms with Gasteiger partial charge in [0.2, 0.25) is 10.0 Å². The van der Waals surface area contributed by atoms with Gasteiger partial charge in [0.05, 0.1) is 11.2 Å². The lowest BCUT2D eigenvalue weighted by atomic mass is 10.1. The Balaban J connectivity index is 1.56. The van der Waals surface area contributed by atoms with Crippen molar-refractivity contribution in [2.45, 2.75) is 44.6 Å². The summed E-state index contributed by atoms with van der Waals surface area (Å²) in [5, 5.41) is 0. The molecule has 0 aliphatic carbocycles. The van der Waals surface area contributed by atoms with Gasteiger partial charge in [-0.2, -0.15) is 4.31 Å². The number of nitrogens with zero attached hydrogens (tertiary/aromatic N) is 4. The Bertz CT molecular complexity index is 1100. The molecule has 0 spiro atoms. The lowest BCUT2D eigenvalue weighted by Crippen LogP contribution is -2.39. The Labute approximate surface area is 159 Å². The molecule has 4 rings (SSSR count). The van der Waals surface area contributed by atoms with E-state index in [9.17, 15) is 8.42 Å². The number of rotatable bonds is 3. The van der Waals surface area contributed by atoms with E-state index in [1.807, 2.05) is 45.3 Å². The van der Waals surface area contributed by atoms with Crippen LogP contribution < -0.4 is 0 Å². The Morgan fingerprint density at radius 3 is 2.44 bits per heavy atom. The van der Waals surface area contributed by atoms with Crippen molar-refractivity contribution in [3.05, 3.63) is 53.5 Å². The second-order valence-electron chi connectivity index (χ2n) is 7.34. The molecular weight excluding hydrogens is 360 g/mol. The average molecular weight is 385 g/mol. The predicted molar refractivity (Wildman–Crippen MR) is 105 cm³/mol. The van der Waals surface area contributed by atoms with Gasteiger partial charge in [-0.3, -0.25) is 0 Å². The first-order chi connectivity index (χ1) is 12.9. The van der Waals surface area contributed by atoms with Crippen molar-refractivity contribution in [2.75, 3.05) is 13.1 Å². The molecule has 1 aromatic carbocycles. The largest absolute Gasteiger partial charge is 0.312 e. The first-order valence-corrected chi connectivity index (χ1v) is 10.7. The number of fused-ring (bicyclic) bond motifs is 1. The van der Waals surface area contributed by atoms with Crippen LogP contribution in [0.3, 0.4) is 0 Å². The molecule has 2 aromatic heterocycles. The molecule has 0 bridgehead atoms. The average Bonchev–Trinajstić information content (AvgIpc) is 3.09. The quantitative estimate of drug-likeness (QED) is 0.694. The van der Waals surface area contributed by atoms with E-state index < -0.39 is 10.0 Å². The molecule has 1 saturated heterocycles. The van der Waals surface area contributed by atoms with Gasteiger partial charge in [-0.05, 0) is 68.5 Å². The van der Waals surface area contributed by atoms with E-state index in [-0.39, 0.29) is 6.04 Å². The van der Waals surface area contributed by atoms with Gasteiger partial charge in [0.25, 0.3) is 0 Å². The summed E-state index contributed by atoms with van der Waals surface area (Å²) in [7, 11) is -3.47. The van der Waals surface area contributed by atoms with Crippen molar-refractivity contribution in [3.8, 4) is 0 Å². The summed E-state index contributed by atoms with van der Waals surface area (Å²) in [4.78, 5) is 9.27. The highest BCUT2D eigenvalue weighted by Gasteiger charge is 2.31. The molecule has 3 heterocycles. The minimum atomic E-state index is -3.47. The Kier molecular flexibility index (Phi) is 4.52. The maximum absolute atomic E-state index is 13.2. The number of pyridine rings is 1. The van der Waals surface area contributed by atoms with Crippen LogP contribution in [0.15, 0.2) is 41.7 Å². The first kappa shape index (κ1) is 18.1. The summed E-state index contributed by atoms with van der Waals surface area (Å²) in [6.07, 6.45) is 5.10. The Morgan fingerprint density at radius 2 is 1.70 bits per heavy atom. The van der Waals surface area contributed by atoms with Crippen molar-refractivity contribution in [1.29, 1.82) is 0 Å². The van der Waals surface area contributed by atoms with Crippen molar-refractivity contribution in [2.24, 2.45) is 0 Å². The molecule has 3 aromatic rings. The van der Waals surface area contributed by atoms with Gasteiger partial charge in [-0.25, -0.2) is 18.4 Å². The number of aryl methyl sites for hydroxylation is 3. The van der Waals surface area contributed by atoms with E-state index in [0.29, 0.717) is 18.0 Å². The number of benzene rings is 1. The molecular formula is C20H24N4O2S. The Hall–Kier alpha value is -2.25. The summed E-state index contributed by atoms with van der Waals surface area (Å²) in [6.45, 7) is 6.85. The molecule has 6 nitrogen and oxygen atoms in total. The lowest BCUT2D eigenvalue weighted by Gasteiger charge is -2.32. The van der Waals surface area contributed by atoms with E-state index in [1.54, 1.807) is 16.6 Å². The van der Waals surface area contributed by atoms with Crippen LogP contribution in [-0.2, 0) is 10.0 Å². The van der Waals surface area contributed by atoms with Gasteiger partial charge in [0.1, 0.15) is 5.52 Å². The van der Waals surface area contributed by atoms with Gasteiger partial charge in [-0.1, -0.05) is 6.07 Å². The summed E-state index contributed by atoms with van der Waals surface area (Å²) >= 11 is 0. The summed E-state index contributed by atoms with van der Waals surface area (Å²) < 4.78 is 30.0. The molecule has 0 amide bonds. The third kappa shape index (κ3) is 3.15. The fourth-order valence-electron chi connectivity index (χ4n) is 3.85. The van der Waals surface area contributed by atoms with Crippen LogP contribution in [0.25, 0.3) is 11.2 Å². The molecule has 1 fully saturated rings. The maximum atomic E-state index is 13.2. The van der Waals surface area contributed by atoms with Crippen LogP contribution in [-0.4, -0.2) is 40.3 Å². The second kappa shape index (κ2) is 6.73. The van der Waals surface area contributed by atoms with Crippen LogP contribution in [0.4, 0.5) is 0 Å². The number of piperidine rings is 1. The molecule has 0 unspecified atom stereocenters. The van der Waals surface area contributed by atoms with Crippen molar-refractivity contribution < 1.29 is 8.42 Å². The third-order valence-electron chi connectivity index (χ3n) is 5.56. The van der Waals surface area contributed by atoms with Crippen molar-refractivity contribution in [3.63, 3.8) is 0 Å². The zero-order valence-electron chi connectivity index (χ0n) is 15.9. The van der Waals surface area contributed by atoms with Crippen molar-refractivity contribution >= 4 is 21.2 Å². The lowest BCUT2D eigenvalue weighted by molar-refractivity contribution is 0.276. The monoisotopic (exact) mass is 384 g/mol. The molecule has 0 radical (unpaired) electrons.